The van der Waals surface area contributed by atoms with Crippen molar-refractivity contribution in [2.75, 3.05) is 6.61 Å². The molecule has 0 radical (unpaired) electrons. The fourth-order valence-corrected chi connectivity index (χ4v) is 2.05. The van der Waals surface area contributed by atoms with Crippen molar-refractivity contribution in [3.63, 3.8) is 0 Å². The first-order chi connectivity index (χ1) is 10.2. The molecule has 1 heterocycles. The molecule has 1 fully saturated rings. The van der Waals surface area contributed by atoms with Crippen LogP contribution in [0.1, 0.15) is 53.4 Å². The number of hydrogen-bond acceptors (Lipinski definition) is 6. The van der Waals surface area contributed by atoms with E-state index in [0.29, 0.717) is 11.3 Å². The van der Waals surface area contributed by atoms with Crippen molar-refractivity contribution in [2.24, 2.45) is 0 Å². The zero-order valence-electron chi connectivity index (χ0n) is 13.6. The number of amides is 2. The number of carbonyl (C=O) groups excluding carboxylic acids is 3. The minimum Gasteiger partial charge on any atom is -0.464 e. The fourth-order valence-electron chi connectivity index (χ4n) is 2.05. The Hall–Kier alpha value is -1.63. The van der Waals surface area contributed by atoms with Crippen molar-refractivity contribution in [1.29, 1.82) is 0 Å². The van der Waals surface area contributed by atoms with Gasteiger partial charge in [-0.05, 0) is 40.0 Å². The molecule has 1 saturated heterocycles. The van der Waals surface area contributed by atoms with Crippen LogP contribution in [0.3, 0.4) is 0 Å². The molecule has 0 aromatic heterocycles. The van der Waals surface area contributed by atoms with Crippen LogP contribution < -0.4 is 0 Å². The van der Waals surface area contributed by atoms with E-state index >= 15 is 0 Å². The molecular formula is C15H25NO6. The number of piperidine rings is 1. The molecule has 1 N–H and O–H groups in total. The largest absolute Gasteiger partial charge is 0.464 e. The monoisotopic (exact) mass is 315 g/mol. The normalized spacial score (nSPS) is 22.4. The Labute approximate surface area is 130 Å². The Balaban J connectivity index is 2.85. The molecule has 7 nitrogen and oxygen atoms in total. The summed E-state index contributed by atoms with van der Waals surface area (Å²) >= 11 is 0. The number of unbranched alkanes of at least 4 members (excludes halogenated alkanes) is 1. The molecule has 2 atom stereocenters. The molecule has 22 heavy (non-hydrogen) atoms. The van der Waals surface area contributed by atoms with Gasteiger partial charge in [-0.15, -0.1) is 0 Å². The third kappa shape index (κ3) is 4.98. The van der Waals surface area contributed by atoms with Crippen LogP contribution in [0.4, 0.5) is 4.79 Å². The summed E-state index contributed by atoms with van der Waals surface area (Å²) in [5.41, 5.74) is -0.809. The number of ether oxygens (including phenoxy) is 2. The molecule has 126 valence electrons. The maximum Gasteiger partial charge on any atom is 0.417 e. The molecule has 0 bridgehead atoms. The van der Waals surface area contributed by atoms with E-state index in [1.807, 2.05) is 6.92 Å². The van der Waals surface area contributed by atoms with E-state index < -0.39 is 35.7 Å². The Kier molecular flexibility index (Phi) is 6.34. The van der Waals surface area contributed by atoms with Crippen molar-refractivity contribution in [2.45, 2.75) is 71.1 Å². The molecule has 0 aromatic carbocycles. The molecule has 1 rings (SSSR count). The Morgan fingerprint density at radius 1 is 1.32 bits per heavy atom. The number of rotatable bonds is 4. The van der Waals surface area contributed by atoms with Gasteiger partial charge in [0.2, 0.25) is 0 Å². The van der Waals surface area contributed by atoms with Gasteiger partial charge >= 0.3 is 12.1 Å². The van der Waals surface area contributed by atoms with Crippen molar-refractivity contribution < 1.29 is 29.0 Å². The second-order valence-electron chi connectivity index (χ2n) is 6.32. The molecule has 0 aliphatic carbocycles. The Bertz CT molecular complexity index is 428. The molecule has 0 saturated carbocycles. The molecule has 2 amide bonds. The summed E-state index contributed by atoms with van der Waals surface area (Å²) in [5, 5.41) is 9.66. The van der Waals surface area contributed by atoms with Gasteiger partial charge in [-0.1, -0.05) is 13.3 Å². The van der Waals surface area contributed by atoms with E-state index in [2.05, 4.69) is 0 Å². The van der Waals surface area contributed by atoms with E-state index in [4.69, 9.17) is 9.47 Å². The summed E-state index contributed by atoms with van der Waals surface area (Å²) in [6, 6.07) is -1.04. The number of nitrogens with zero attached hydrogens (tertiary/aromatic N) is 1. The predicted octanol–water partition coefficient (Wildman–Crippen LogP) is 1.62. The lowest BCUT2D eigenvalue weighted by molar-refractivity contribution is -0.161. The van der Waals surface area contributed by atoms with Gasteiger partial charge in [0, 0.05) is 0 Å². The number of imide groups is 1. The highest BCUT2D eigenvalue weighted by Gasteiger charge is 2.44. The lowest BCUT2D eigenvalue weighted by Gasteiger charge is -2.35. The first-order valence-electron chi connectivity index (χ1n) is 7.58. The lowest BCUT2D eigenvalue weighted by Crippen LogP contribution is -2.57. The van der Waals surface area contributed by atoms with Gasteiger partial charge in [0.25, 0.3) is 5.91 Å². The van der Waals surface area contributed by atoms with E-state index in [9.17, 15) is 19.5 Å². The maximum atomic E-state index is 12.2. The summed E-state index contributed by atoms with van der Waals surface area (Å²) in [6.07, 6.45) is -0.379. The van der Waals surface area contributed by atoms with Crippen LogP contribution in [-0.2, 0) is 19.1 Å². The van der Waals surface area contributed by atoms with Crippen LogP contribution in [0.2, 0.25) is 0 Å². The average molecular weight is 315 g/mol. The third-order valence-corrected chi connectivity index (χ3v) is 3.15. The number of aliphatic hydroxyl groups is 1. The summed E-state index contributed by atoms with van der Waals surface area (Å²) in [5.74, 6) is -1.46. The van der Waals surface area contributed by atoms with Crippen LogP contribution in [0.5, 0.6) is 0 Å². The number of likely N-dealkylation sites (tertiary alicyclic amines) is 1. The predicted molar refractivity (Wildman–Crippen MR) is 78.0 cm³/mol. The molecule has 0 aromatic rings. The minimum absolute atomic E-state index is 0.117. The highest BCUT2D eigenvalue weighted by Crippen LogP contribution is 2.23. The van der Waals surface area contributed by atoms with E-state index in [0.717, 1.165) is 6.42 Å². The topological polar surface area (TPSA) is 93.1 Å². The van der Waals surface area contributed by atoms with Crippen molar-refractivity contribution in [3.8, 4) is 0 Å². The van der Waals surface area contributed by atoms with Gasteiger partial charge in [0.15, 0.2) is 0 Å². The van der Waals surface area contributed by atoms with Crippen molar-refractivity contribution in [1.82, 2.24) is 4.90 Å². The highest BCUT2D eigenvalue weighted by atomic mass is 16.6. The number of carbonyl (C=O) groups is 3. The first-order valence-corrected chi connectivity index (χ1v) is 7.58. The fraction of sp³-hybridized carbons (Fsp3) is 0.800. The van der Waals surface area contributed by atoms with E-state index in [1.54, 1.807) is 20.8 Å². The molecule has 0 unspecified atom stereocenters. The summed E-state index contributed by atoms with van der Waals surface area (Å²) < 4.78 is 10.2. The van der Waals surface area contributed by atoms with E-state index in [1.165, 1.54) is 0 Å². The molecular weight excluding hydrogens is 290 g/mol. The van der Waals surface area contributed by atoms with Gasteiger partial charge in [0.05, 0.1) is 6.61 Å². The quantitative estimate of drug-likeness (QED) is 0.626. The van der Waals surface area contributed by atoms with Gasteiger partial charge in [0.1, 0.15) is 17.7 Å². The SMILES string of the molecule is CCCCOC(=O)[C@@H]1CC[C@@H](O)C(=O)N1C(=O)OC(C)(C)C. The average Bonchev–Trinajstić information content (AvgIpc) is 2.39. The second-order valence-corrected chi connectivity index (χ2v) is 6.32. The van der Waals surface area contributed by atoms with Gasteiger partial charge in [-0.25, -0.2) is 14.5 Å². The Morgan fingerprint density at radius 2 is 1.95 bits per heavy atom. The minimum atomic E-state index is -1.30. The van der Waals surface area contributed by atoms with Crippen LogP contribution >= 0.6 is 0 Å². The van der Waals surface area contributed by atoms with E-state index in [-0.39, 0.29) is 19.4 Å². The van der Waals surface area contributed by atoms with Crippen LogP contribution in [-0.4, -0.2) is 52.3 Å². The summed E-state index contributed by atoms with van der Waals surface area (Å²) in [4.78, 5) is 37.0. The smallest absolute Gasteiger partial charge is 0.417 e. The van der Waals surface area contributed by atoms with Gasteiger partial charge < -0.3 is 14.6 Å². The molecule has 7 heteroatoms. The lowest BCUT2D eigenvalue weighted by atomic mass is 10.00. The molecule has 1 aliphatic heterocycles. The van der Waals surface area contributed by atoms with Crippen molar-refractivity contribution in [3.05, 3.63) is 0 Å². The highest BCUT2D eigenvalue weighted by molar-refractivity contribution is 5.99. The standard InChI is InChI=1S/C15H25NO6/c1-5-6-9-21-13(19)10-7-8-11(17)12(18)16(10)14(20)22-15(2,3)4/h10-11,17H,5-9H2,1-4H3/t10-,11+/m0/s1. The van der Waals surface area contributed by atoms with Crippen LogP contribution in [0.25, 0.3) is 0 Å². The van der Waals surface area contributed by atoms with Crippen molar-refractivity contribution >= 4 is 18.0 Å². The summed E-state index contributed by atoms with van der Waals surface area (Å²) in [7, 11) is 0. The van der Waals surface area contributed by atoms with Gasteiger partial charge in [-0.2, -0.15) is 0 Å². The summed E-state index contributed by atoms with van der Waals surface area (Å²) in [6.45, 7) is 7.17. The van der Waals surface area contributed by atoms with Crippen LogP contribution in [0, 0.1) is 0 Å². The second kappa shape index (κ2) is 7.58. The number of aliphatic hydroxyl groups excluding tert-OH is 1. The number of esters is 1. The zero-order chi connectivity index (χ0) is 16.9. The zero-order valence-corrected chi connectivity index (χ0v) is 13.6. The molecule has 0 spiro atoms. The third-order valence-electron chi connectivity index (χ3n) is 3.15. The maximum absolute atomic E-state index is 12.2. The van der Waals surface area contributed by atoms with Crippen LogP contribution in [0.15, 0.2) is 0 Å². The number of hydrogen-bond donors (Lipinski definition) is 1. The Morgan fingerprint density at radius 3 is 2.50 bits per heavy atom. The molecule has 1 aliphatic rings. The van der Waals surface area contributed by atoms with Gasteiger partial charge in [-0.3, -0.25) is 4.79 Å². The first kappa shape index (κ1) is 18.4.